The Morgan fingerprint density at radius 1 is 1.09 bits per heavy atom. The number of nitrogens with zero attached hydrogens (tertiary/aromatic N) is 1. The maximum atomic E-state index is 12.5. The number of hydrogen-bond donors (Lipinski definition) is 0. The lowest BCUT2D eigenvalue weighted by Crippen LogP contribution is -2.46. The second kappa shape index (κ2) is 6.33. The van der Waals surface area contributed by atoms with Crippen LogP contribution in [0, 0.1) is 17.8 Å². The molecule has 4 atom stereocenters. The second-order valence-electron chi connectivity index (χ2n) is 8.41. The van der Waals surface area contributed by atoms with Crippen LogP contribution in [0.25, 0.3) is 0 Å². The molecule has 1 heterocycles. The van der Waals surface area contributed by atoms with E-state index in [4.69, 9.17) is 9.47 Å². The summed E-state index contributed by atoms with van der Waals surface area (Å²) in [6.07, 6.45) is 5.88. The SMILES string of the molecule is CC(C)(C)OC(=O)N1CCC[C@H](OC(=O)[C@H]2C[C@H]3CC[C@H]2C3)C1. The van der Waals surface area contributed by atoms with Crippen LogP contribution in [0.1, 0.15) is 59.3 Å². The summed E-state index contributed by atoms with van der Waals surface area (Å²) in [4.78, 5) is 26.3. The van der Waals surface area contributed by atoms with E-state index in [0.29, 0.717) is 19.0 Å². The number of ether oxygens (including phenoxy) is 2. The van der Waals surface area contributed by atoms with Gasteiger partial charge in [0.15, 0.2) is 0 Å². The number of likely N-dealkylation sites (tertiary alicyclic amines) is 1. The van der Waals surface area contributed by atoms with Gasteiger partial charge in [-0.2, -0.15) is 0 Å². The number of carbonyl (C=O) groups is 2. The van der Waals surface area contributed by atoms with Crippen LogP contribution in [0.15, 0.2) is 0 Å². The lowest BCUT2D eigenvalue weighted by Gasteiger charge is -2.34. The third-order valence-corrected chi connectivity index (χ3v) is 5.35. The molecular formula is C18H29NO4. The number of piperidine rings is 1. The quantitative estimate of drug-likeness (QED) is 0.731. The van der Waals surface area contributed by atoms with Crippen LogP contribution in [0.2, 0.25) is 0 Å². The van der Waals surface area contributed by atoms with E-state index in [1.54, 1.807) is 4.90 Å². The molecule has 23 heavy (non-hydrogen) atoms. The first-order chi connectivity index (χ1) is 10.8. The Morgan fingerprint density at radius 2 is 1.87 bits per heavy atom. The predicted octanol–water partition coefficient (Wildman–Crippen LogP) is 3.37. The van der Waals surface area contributed by atoms with Gasteiger partial charge in [0.2, 0.25) is 0 Å². The molecular weight excluding hydrogens is 294 g/mol. The van der Waals surface area contributed by atoms with E-state index in [1.807, 2.05) is 20.8 Å². The molecule has 0 N–H and O–H groups in total. The largest absolute Gasteiger partial charge is 0.460 e. The van der Waals surface area contributed by atoms with Gasteiger partial charge in [0.25, 0.3) is 0 Å². The highest BCUT2D eigenvalue weighted by atomic mass is 16.6. The molecule has 1 aliphatic heterocycles. The summed E-state index contributed by atoms with van der Waals surface area (Å²) in [6, 6.07) is 0. The fraction of sp³-hybridized carbons (Fsp3) is 0.889. The third-order valence-electron chi connectivity index (χ3n) is 5.35. The van der Waals surface area contributed by atoms with Crippen LogP contribution in [0.4, 0.5) is 4.79 Å². The number of esters is 1. The van der Waals surface area contributed by atoms with Gasteiger partial charge >= 0.3 is 12.1 Å². The monoisotopic (exact) mass is 323 g/mol. The third kappa shape index (κ3) is 3.99. The molecule has 0 aromatic rings. The first-order valence-electron chi connectivity index (χ1n) is 9.00. The Hall–Kier alpha value is -1.26. The summed E-state index contributed by atoms with van der Waals surface area (Å²) in [5, 5.41) is 0. The molecule has 3 rings (SSSR count). The first-order valence-corrected chi connectivity index (χ1v) is 9.00. The van der Waals surface area contributed by atoms with E-state index < -0.39 is 5.60 Å². The molecule has 3 fully saturated rings. The van der Waals surface area contributed by atoms with E-state index >= 15 is 0 Å². The fourth-order valence-corrected chi connectivity index (χ4v) is 4.31. The molecule has 130 valence electrons. The summed E-state index contributed by atoms with van der Waals surface area (Å²) >= 11 is 0. The highest BCUT2D eigenvalue weighted by Gasteiger charge is 2.44. The van der Waals surface area contributed by atoms with E-state index in [9.17, 15) is 9.59 Å². The van der Waals surface area contributed by atoms with E-state index in [1.165, 1.54) is 19.3 Å². The molecule has 0 aromatic heterocycles. The highest BCUT2D eigenvalue weighted by Crippen LogP contribution is 2.48. The molecule has 5 nitrogen and oxygen atoms in total. The summed E-state index contributed by atoms with van der Waals surface area (Å²) < 4.78 is 11.2. The lowest BCUT2D eigenvalue weighted by molar-refractivity contribution is -0.158. The smallest absolute Gasteiger partial charge is 0.410 e. The van der Waals surface area contributed by atoms with Gasteiger partial charge in [0, 0.05) is 6.54 Å². The van der Waals surface area contributed by atoms with Crippen molar-refractivity contribution in [3.63, 3.8) is 0 Å². The van der Waals surface area contributed by atoms with Crippen LogP contribution in [0.5, 0.6) is 0 Å². The van der Waals surface area contributed by atoms with Gasteiger partial charge < -0.3 is 14.4 Å². The van der Waals surface area contributed by atoms with Crippen LogP contribution in [-0.4, -0.2) is 41.8 Å². The van der Waals surface area contributed by atoms with Gasteiger partial charge in [-0.3, -0.25) is 4.79 Å². The minimum absolute atomic E-state index is 0.0340. The highest BCUT2D eigenvalue weighted by molar-refractivity contribution is 5.74. The maximum absolute atomic E-state index is 12.5. The van der Waals surface area contributed by atoms with E-state index in [2.05, 4.69) is 0 Å². The lowest BCUT2D eigenvalue weighted by atomic mass is 9.89. The van der Waals surface area contributed by atoms with Crippen molar-refractivity contribution in [3.05, 3.63) is 0 Å². The van der Waals surface area contributed by atoms with Gasteiger partial charge in [-0.25, -0.2) is 4.79 Å². The zero-order valence-corrected chi connectivity index (χ0v) is 14.5. The van der Waals surface area contributed by atoms with Gasteiger partial charge in [-0.1, -0.05) is 6.42 Å². The number of fused-ring (bicyclic) bond motifs is 2. The number of carbonyl (C=O) groups excluding carboxylic acids is 2. The Morgan fingerprint density at radius 3 is 2.48 bits per heavy atom. The summed E-state index contributed by atoms with van der Waals surface area (Å²) in [7, 11) is 0. The van der Waals surface area contributed by atoms with Gasteiger partial charge in [0.1, 0.15) is 11.7 Å². The van der Waals surface area contributed by atoms with Crippen molar-refractivity contribution < 1.29 is 19.1 Å². The van der Waals surface area contributed by atoms with Crippen molar-refractivity contribution in [1.29, 1.82) is 0 Å². The topological polar surface area (TPSA) is 55.8 Å². The second-order valence-corrected chi connectivity index (χ2v) is 8.41. The zero-order chi connectivity index (χ0) is 16.6. The Bertz CT molecular complexity index is 470. The minimum Gasteiger partial charge on any atom is -0.460 e. The summed E-state index contributed by atoms with van der Waals surface area (Å²) in [6.45, 7) is 6.73. The molecule has 0 unspecified atom stereocenters. The van der Waals surface area contributed by atoms with Crippen LogP contribution >= 0.6 is 0 Å². The Kier molecular flexibility index (Phi) is 4.56. The maximum Gasteiger partial charge on any atom is 0.410 e. The average Bonchev–Trinajstić information content (AvgIpc) is 3.08. The van der Waals surface area contributed by atoms with Gasteiger partial charge in [-0.05, 0) is 64.7 Å². The standard InChI is InChI=1S/C18H29NO4/c1-18(2,3)23-17(21)19-8-4-5-14(11-19)22-16(20)15-10-12-6-7-13(15)9-12/h12-15H,4-11H2,1-3H3/t12-,13-,14-,15-/m0/s1. The Labute approximate surface area is 138 Å². The molecule has 1 amide bonds. The van der Waals surface area contributed by atoms with Crippen molar-refractivity contribution in [1.82, 2.24) is 4.90 Å². The van der Waals surface area contributed by atoms with Crippen LogP contribution < -0.4 is 0 Å². The van der Waals surface area contributed by atoms with Crippen molar-refractivity contribution >= 4 is 12.1 Å². The molecule has 0 aromatic carbocycles. The molecule has 0 radical (unpaired) electrons. The fourth-order valence-electron chi connectivity index (χ4n) is 4.31. The summed E-state index contributed by atoms with van der Waals surface area (Å²) in [5.41, 5.74) is -0.496. The molecule has 1 saturated heterocycles. The van der Waals surface area contributed by atoms with E-state index in [0.717, 1.165) is 25.2 Å². The van der Waals surface area contributed by atoms with Crippen LogP contribution in [-0.2, 0) is 14.3 Å². The predicted molar refractivity (Wildman–Crippen MR) is 85.9 cm³/mol. The normalized spacial score (nSPS) is 33.6. The molecule has 3 aliphatic rings. The number of rotatable bonds is 2. The molecule has 0 spiro atoms. The van der Waals surface area contributed by atoms with Crippen molar-refractivity contribution in [2.24, 2.45) is 17.8 Å². The van der Waals surface area contributed by atoms with Gasteiger partial charge in [-0.15, -0.1) is 0 Å². The molecule has 2 aliphatic carbocycles. The Balaban J connectivity index is 1.50. The summed E-state index contributed by atoms with van der Waals surface area (Å²) in [5.74, 6) is 1.35. The van der Waals surface area contributed by atoms with Crippen LogP contribution in [0.3, 0.4) is 0 Å². The first kappa shape index (κ1) is 16.6. The number of amides is 1. The molecule has 2 saturated carbocycles. The van der Waals surface area contributed by atoms with Crippen molar-refractivity contribution in [2.45, 2.75) is 71.0 Å². The zero-order valence-electron chi connectivity index (χ0n) is 14.5. The van der Waals surface area contributed by atoms with Crippen molar-refractivity contribution in [3.8, 4) is 0 Å². The molecule has 5 heteroatoms. The van der Waals surface area contributed by atoms with Crippen molar-refractivity contribution in [2.75, 3.05) is 13.1 Å². The number of hydrogen-bond acceptors (Lipinski definition) is 4. The molecule has 2 bridgehead atoms. The van der Waals surface area contributed by atoms with E-state index in [-0.39, 0.29) is 24.1 Å². The van der Waals surface area contributed by atoms with Gasteiger partial charge in [0.05, 0.1) is 12.5 Å². The average molecular weight is 323 g/mol. The minimum atomic E-state index is -0.496.